The summed E-state index contributed by atoms with van der Waals surface area (Å²) in [5, 5.41) is 13.5. The van der Waals surface area contributed by atoms with Gasteiger partial charge >= 0.3 is 6.09 Å². The number of hydrogen-bond donors (Lipinski definition) is 1. The molecule has 1 aromatic carbocycles. The summed E-state index contributed by atoms with van der Waals surface area (Å²) in [6.07, 6.45) is -1.09. The van der Waals surface area contributed by atoms with Gasteiger partial charge in [0, 0.05) is 5.54 Å². The second kappa shape index (κ2) is 6.57. The van der Waals surface area contributed by atoms with E-state index < -0.39 is 17.7 Å². The van der Waals surface area contributed by atoms with Crippen molar-refractivity contribution >= 4 is 29.2 Å². The summed E-state index contributed by atoms with van der Waals surface area (Å²) >= 11 is 1.45. The van der Waals surface area contributed by atoms with Crippen LogP contribution in [0.2, 0.25) is 0 Å². The van der Waals surface area contributed by atoms with Crippen molar-refractivity contribution in [1.29, 1.82) is 0 Å². The van der Waals surface area contributed by atoms with Crippen LogP contribution in [0.1, 0.15) is 53.1 Å². The molecule has 1 N–H and O–H groups in total. The number of nitrogens with zero attached hydrogens (tertiary/aromatic N) is 2. The topological polar surface area (TPSA) is 77.9 Å². The molecule has 136 valence electrons. The first-order valence-corrected chi connectivity index (χ1v) is 9.15. The maximum atomic E-state index is 12.7. The minimum atomic E-state index is -1.09. The van der Waals surface area contributed by atoms with Crippen molar-refractivity contribution in [2.24, 2.45) is 0 Å². The van der Waals surface area contributed by atoms with Gasteiger partial charge in [-0.3, -0.25) is 19.4 Å². The molecule has 0 radical (unpaired) electrons. The Labute approximate surface area is 155 Å². The minimum absolute atomic E-state index is 0.0212. The highest BCUT2D eigenvalue weighted by Crippen LogP contribution is 2.33. The molecule has 0 bridgehead atoms. The molecular weight excluding hydrogens is 352 g/mol. The highest BCUT2D eigenvalue weighted by Gasteiger charge is 2.41. The predicted octanol–water partition coefficient (Wildman–Crippen LogP) is 3.86. The Hall–Kier alpha value is -2.67. The maximum absolute atomic E-state index is 12.7. The number of carbonyl (C=O) groups is 3. The van der Waals surface area contributed by atoms with Gasteiger partial charge in [0.1, 0.15) is 0 Å². The monoisotopic (exact) mass is 372 g/mol. The average molecular weight is 372 g/mol. The SMILES string of the molecule is CC(C)(C)N(C(=O)O)[C@H](CN1C(=O)c2ccccc2C1=O)c1ccsc1. The molecular formula is C19H20N2O4S. The van der Waals surface area contributed by atoms with Crippen LogP contribution in [0.15, 0.2) is 41.1 Å². The molecule has 2 heterocycles. The van der Waals surface area contributed by atoms with E-state index >= 15 is 0 Å². The van der Waals surface area contributed by atoms with Gasteiger partial charge in [0.25, 0.3) is 11.8 Å². The highest BCUT2D eigenvalue weighted by atomic mass is 32.1. The molecule has 1 aliphatic rings. The Kier molecular flexibility index (Phi) is 4.58. The van der Waals surface area contributed by atoms with Gasteiger partial charge in [-0.2, -0.15) is 11.3 Å². The van der Waals surface area contributed by atoms with E-state index in [0.29, 0.717) is 11.1 Å². The Bertz CT molecular complexity index is 820. The number of hydrogen-bond acceptors (Lipinski definition) is 4. The molecule has 1 atom stereocenters. The van der Waals surface area contributed by atoms with Crippen LogP contribution in [0.5, 0.6) is 0 Å². The van der Waals surface area contributed by atoms with Crippen LogP contribution >= 0.6 is 11.3 Å². The van der Waals surface area contributed by atoms with E-state index in [1.54, 1.807) is 45.0 Å². The minimum Gasteiger partial charge on any atom is -0.465 e. The summed E-state index contributed by atoms with van der Waals surface area (Å²) < 4.78 is 0. The summed E-state index contributed by atoms with van der Waals surface area (Å²) in [4.78, 5) is 39.8. The van der Waals surface area contributed by atoms with Gasteiger partial charge in [0.2, 0.25) is 0 Å². The van der Waals surface area contributed by atoms with Crippen molar-refractivity contribution in [3.05, 3.63) is 57.8 Å². The standard InChI is InChI=1S/C19H20N2O4S/c1-19(2,3)21(18(24)25)15(12-8-9-26-11-12)10-20-16(22)13-6-4-5-7-14(13)17(20)23/h4-9,11,15H,10H2,1-3H3,(H,24,25)/t15-/m1/s1. The summed E-state index contributed by atoms with van der Waals surface area (Å²) in [6, 6.07) is 7.85. The molecule has 0 saturated heterocycles. The van der Waals surface area contributed by atoms with E-state index in [1.807, 2.05) is 16.8 Å². The molecule has 26 heavy (non-hydrogen) atoms. The number of imide groups is 1. The molecule has 0 fully saturated rings. The fourth-order valence-electron chi connectivity index (χ4n) is 3.27. The molecule has 7 heteroatoms. The van der Waals surface area contributed by atoms with E-state index in [-0.39, 0.29) is 18.4 Å². The van der Waals surface area contributed by atoms with Crippen molar-refractivity contribution in [3.8, 4) is 0 Å². The number of benzene rings is 1. The molecule has 0 aliphatic carbocycles. The summed E-state index contributed by atoms with van der Waals surface area (Å²) in [5.74, 6) is -0.768. The fraction of sp³-hybridized carbons (Fsp3) is 0.316. The predicted molar refractivity (Wildman–Crippen MR) is 98.5 cm³/mol. The number of amides is 3. The van der Waals surface area contributed by atoms with E-state index in [0.717, 1.165) is 10.5 Å². The molecule has 1 aliphatic heterocycles. The summed E-state index contributed by atoms with van der Waals surface area (Å²) in [6.45, 7) is 5.36. The third kappa shape index (κ3) is 3.10. The lowest BCUT2D eigenvalue weighted by Crippen LogP contribution is -2.51. The Morgan fingerprint density at radius 1 is 1.15 bits per heavy atom. The van der Waals surface area contributed by atoms with Crippen LogP contribution in [-0.4, -0.2) is 44.9 Å². The molecule has 6 nitrogen and oxygen atoms in total. The quantitative estimate of drug-likeness (QED) is 0.827. The average Bonchev–Trinajstić information content (AvgIpc) is 3.16. The fourth-order valence-corrected chi connectivity index (χ4v) is 3.97. The lowest BCUT2D eigenvalue weighted by Gasteiger charge is -2.40. The molecule has 1 aromatic heterocycles. The molecule has 3 amide bonds. The van der Waals surface area contributed by atoms with Gasteiger partial charge in [0.15, 0.2) is 0 Å². The van der Waals surface area contributed by atoms with Crippen LogP contribution in [0.25, 0.3) is 0 Å². The number of thiophene rings is 1. The highest BCUT2D eigenvalue weighted by molar-refractivity contribution is 7.08. The second-order valence-corrected chi connectivity index (χ2v) is 7.94. The van der Waals surface area contributed by atoms with E-state index in [9.17, 15) is 19.5 Å². The lowest BCUT2D eigenvalue weighted by molar-refractivity contribution is 0.0428. The van der Waals surface area contributed by atoms with Crippen molar-refractivity contribution < 1.29 is 19.5 Å². The van der Waals surface area contributed by atoms with Gasteiger partial charge in [0.05, 0.1) is 23.7 Å². The van der Waals surface area contributed by atoms with Gasteiger partial charge in [-0.05, 0) is 55.3 Å². The van der Waals surface area contributed by atoms with Crippen molar-refractivity contribution in [1.82, 2.24) is 9.80 Å². The third-order valence-corrected chi connectivity index (χ3v) is 5.10. The van der Waals surface area contributed by atoms with Crippen molar-refractivity contribution in [2.75, 3.05) is 6.54 Å². The molecule has 2 aromatic rings. The first kappa shape index (κ1) is 18.1. The largest absolute Gasteiger partial charge is 0.465 e. The van der Waals surface area contributed by atoms with E-state index in [1.165, 1.54) is 16.2 Å². The Balaban J connectivity index is 1.99. The van der Waals surface area contributed by atoms with Crippen LogP contribution in [0, 0.1) is 0 Å². The van der Waals surface area contributed by atoms with Gasteiger partial charge < -0.3 is 5.11 Å². The van der Waals surface area contributed by atoms with E-state index in [2.05, 4.69) is 0 Å². The van der Waals surface area contributed by atoms with Crippen LogP contribution in [0.4, 0.5) is 4.79 Å². The van der Waals surface area contributed by atoms with Gasteiger partial charge in [-0.15, -0.1) is 0 Å². The normalized spacial score (nSPS) is 15.1. The maximum Gasteiger partial charge on any atom is 0.408 e. The second-order valence-electron chi connectivity index (χ2n) is 7.16. The Morgan fingerprint density at radius 2 is 1.73 bits per heavy atom. The van der Waals surface area contributed by atoms with E-state index in [4.69, 9.17) is 0 Å². The number of carboxylic acid groups (broad SMARTS) is 1. The zero-order valence-electron chi connectivity index (χ0n) is 14.8. The molecule has 3 rings (SSSR count). The first-order chi connectivity index (χ1) is 12.2. The zero-order valence-corrected chi connectivity index (χ0v) is 15.6. The lowest BCUT2D eigenvalue weighted by atomic mass is 9.99. The van der Waals surface area contributed by atoms with Crippen molar-refractivity contribution in [2.45, 2.75) is 32.4 Å². The van der Waals surface area contributed by atoms with Gasteiger partial charge in [-0.1, -0.05) is 12.1 Å². The first-order valence-electron chi connectivity index (χ1n) is 8.21. The smallest absolute Gasteiger partial charge is 0.408 e. The Morgan fingerprint density at radius 3 is 2.15 bits per heavy atom. The molecule has 0 unspecified atom stereocenters. The van der Waals surface area contributed by atoms with Crippen LogP contribution < -0.4 is 0 Å². The summed E-state index contributed by atoms with van der Waals surface area (Å²) in [5.41, 5.74) is 0.791. The zero-order chi connectivity index (χ0) is 19.1. The van der Waals surface area contributed by atoms with Crippen LogP contribution in [-0.2, 0) is 0 Å². The molecule has 0 spiro atoms. The number of carbonyl (C=O) groups excluding carboxylic acids is 2. The molecule has 0 saturated carbocycles. The number of rotatable bonds is 4. The number of fused-ring (bicyclic) bond motifs is 1. The van der Waals surface area contributed by atoms with Crippen LogP contribution in [0.3, 0.4) is 0 Å². The summed E-state index contributed by atoms with van der Waals surface area (Å²) in [7, 11) is 0. The van der Waals surface area contributed by atoms with Crippen molar-refractivity contribution in [3.63, 3.8) is 0 Å². The van der Waals surface area contributed by atoms with Gasteiger partial charge in [-0.25, -0.2) is 4.79 Å². The third-order valence-electron chi connectivity index (χ3n) is 4.40.